The average Bonchev–Trinajstić information content (AvgIpc) is 2.99. The summed E-state index contributed by atoms with van der Waals surface area (Å²) in [4.78, 5) is 27.4. The second-order valence-corrected chi connectivity index (χ2v) is 11.8. The highest BCUT2D eigenvalue weighted by Crippen LogP contribution is 2.32. The van der Waals surface area contributed by atoms with Crippen molar-refractivity contribution in [1.82, 2.24) is 9.62 Å². The Labute approximate surface area is 236 Å². The molecule has 1 aliphatic rings. The van der Waals surface area contributed by atoms with Gasteiger partial charge in [-0.1, -0.05) is 61.0 Å². The monoisotopic (exact) mass is 564 g/mol. The molecule has 1 N–H and O–H groups in total. The smallest absolute Gasteiger partial charge is 0.324 e. The Morgan fingerprint density at radius 1 is 0.925 bits per heavy atom. The first-order chi connectivity index (χ1) is 19.2. The van der Waals surface area contributed by atoms with Gasteiger partial charge in [-0.2, -0.15) is 4.72 Å². The van der Waals surface area contributed by atoms with Gasteiger partial charge in [0.1, 0.15) is 11.8 Å². The lowest BCUT2D eigenvalue weighted by atomic mass is 9.80. The summed E-state index contributed by atoms with van der Waals surface area (Å²) in [5, 5.41) is 0. The number of carbonyl (C=O) groups is 2. The fourth-order valence-corrected chi connectivity index (χ4v) is 6.63. The Hall–Kier alpha value is -3.69. The van der Waals surface area contributed by atoms with E-state index in [0.717, 1.165) is 35.3 Å². The van der Waals surface area contributed by atoms with Crippen LogP contribution in [0.2, 0.25) is 0 Å². The zero-order valence-electron chi connectivity index (χ0n) is 23.1. The lowest BCUT2D eigenvalue weighted by Gasteiger charge is -2.39. The Morgan fingerprint density at radius 2 is 1.55 bits per heavy atom. The van der Waals surface area contributed by atoms with E-state index in [0.29, 0.717) is 19.4 Å². The highest BCUT2D eigenvalue weighted by molar-refractivity contribution is 7.89. The summed E-state index contributed by atoms with van der Waals surface area (Å²) in [5.41, 5.74) is 2.79. The van der Waals surface area contributed by atoms with Crippen LogP contribution in [0.5, 0.6) is 5.75 Å². The average molecular weight is 565 g/mol. The third-order valence-corrected chi connectivity index (χ3v) is 8.98. The van der Waals surface area contributed by atoms with E-state index in [1.54, 1.807) is 26.2 Å². The van der Waals surface area contributed by atoms with E-state index in [1.807, 2.05) is 59.5 Å². The van der Waals surface area contributed by atoms with Gasteiger partial charge in [-0.3, -0.25) is 9.59 Å². The van der Waals surface area contributed by atoms with Gasteiger partial charge in [-0.05, 0) is 66.1 Å². The maximum Gasteiger partial charge on any atom is 0.324 e. The molecule has 0 aromatic heterocycles. The van der Waals surface area contributed by atoms with Gasteiger partial charge < -0.3 is 14.4 Å². The van der Waals surface area contributed by atoms with E-state index >= 15 is 0 Å². The molecular formula is C31H36N2O6S. The molecule has 1 fully saturated rings. The van der Waals surface area contributed by atoms with E-state index in [-0.39, 0.29) is 22.8 Å². The van der Waals surface area contributed by atoms with Crippen molar-refractivity contribution in [3.05, 3.63) is 84.4 Å². The number of methoxy groups -OCH3 is 2. The minimum Gasteiger partial charge on any atom is -0.497 e. The Bertz CT molecular complexity index is 1390. The van der Waals surface area contributed by atoms with Gasteiger partial charge in [-0.25, -0.2) is 8.42 Å². The molecule has 3 aromatic rings. The topological polar surface area (TPSA) is 102 Å². The molecule has 4 rings (SSSR count). The van der Waals surface area contributed by atoms with Crippen LogP contribution in [-0.2, 0) is 30.9 Å². The Morgan fingerprint density at radius 3 is 2.12 bits per heavy atom. The van der Waals surface area contributed by atoms with E-state index in [2.05, 4.69) is 4.72 Å². The Balaban J connectivity index is 1.51. The number of hydrogen-bond donors (Lipinski definition) is 1. The molecule has 0 aliphatic heterocycles. The SMILES string of the molecule is COC(=O)C(NS(=O)(=O)c1ccc(-c2ccc(OC)cc2)cc1)C1CCCC(N(Cc2ccccc2)C(C)=O)C1. The molecule has 40 heavy (non-hydrogen) atoms. The summed E-state index contributed by atoms with van der Waals surface area (Å²) in [6.07, 6.45) is 2.69. The number of carbonyl (C=O) groups excluding carboxylic acids is 2. The van der Waals surface area contributed by atoms with Gasteiger partial charge in [0, 0.05) is 19.5 Å². The van der Waals surface area contributed by atoms with Crippen LogP contribution in [0.15, 0.2) is 83.8 Å². The zero-order valence-corrected chi connectivity index (χ0v) is 23.9. The molecule has 0 radical (unpaired) electrons. The van der Waals surface area contributed by atoms with Crippen LogP contribution >= 0.6 is 0 Å². The molecule has 1 aliphatic carbocycles. The molecular weight excluding hydrogens is 528 g/mol. The number of ether oxygens (including phenoxy) is 2. The summed E-state index contributed by atoms with van der Waals surface area (Å²) in [5.74, 6) is -0.280. The molecule has 3 unspecified atom stereocenters. The first-order valence-corrected chi connectivity index (χ1v) is 14.9. The number of amides is 1. The van der Waals surface area contributed by atoms with Crippen LogP contribution in [0, 0.1) is 5.92 Å². The molecule has 8 nitrogen and oxygen atoms in total. The van der Waals surface area contributed by atoms with Crippen LogP contribution in [0.4, 0.5) is 0 Å². The molecule has 0 spiro atoms. The number of sulfonamides is 1. The summed E-state index contributed by atoms with van der Waals surface area (Å²) < 4.78 is 39.6. The molecule has 1 saturated carbocycles. The van der Waals surface area contributed by atoms with E-state index in [1.165, 1.54) is 19.2 Å². The molecule has 3 atom stereocenters. The van der Waals surface area contributed by atoms with Crippen molar-refractivity contribution in [2.75, 3.05) is 14.2 Å². The van der Waals surface area contributed by atoms with Crippen molar-refractivity contribution in [2.45, 2.75) is 56.1 Å². The number of nitrogens with zero attached hydrogens (tertiary/aromatic N) is 1. The molecule has 3 aromatic carbocycles. The molecule has 0 heterocycles. The third kappa shape index (κ3) is 7.08. The largest absolute Gasteiger partial charge is 0.497 e. The van der Waals surface area contributed by atoms with Crippen LogP contribution in [-0.4, -0.2) is 51.5 Å². The van der Waals surface area contributed by atoms with E-state index in [9.17, 15) is 18.0 Å². The molecule has 212 valence electrons. The van der Waals surface area contributed by atoms with Gasteiger partial charge in [0.25, 0.3) is 0 Å². The Kier molecular flexibility index (Phi) is 9.60. The maximum atomic E-state index is 13.4. The molecule has 1 amide bonds. The van der Waals surface area contributed by atoms with E-state index in [4.69, 9.17) is 9.47 Å². The number of nitrogens with one attached hydrogen (secondary N) is 1. The number of benzene rings is 3. The van der Waals surface area contributed by atoms with Crippen molar-refractivity contribution < 1.29 is 27.5 Å². The second-order valence-electron chi connectivity index (χ2n) is 10.1. The van der Waals surface area contributed by atoms with Gasteiger partial charge in [-0.15, -0.1) is 0 Å². The minimum atomic E-state index is -4.03. The predicted molar refractivity (Wildman–Crippen MR) is 153 cm³/mol. The van der Waals surface area contributed by atoms with Gasteiger partial charge in [0.2, 0.25) is 15.9 Å². The van der Waals surface area contributed by atoms with Crippen molar-refractivity contribution in [3.63, 3.8) is 0 Å². The second kappa shape index (κ2) is 13.1. The van der Waals surface area contributed by atoms with Crippen LogP contribution < -0.4 is 9.46 Å². The van der Waals surface area contributed by atoms with E-state index < -0.39 is 22.0 Å². The van der Waals surface area contributed by atoms with Gasteiger partial charge >= 0.3 is 5.97 Å². The van der Waals surface area contributed by atoms with Crippen molar-refractivity contribution in [3.8, 4) is 16.9 Å². The molecule has 9 heteroatoms. The normalized spacial score (nSPS) is 18.0. The molecule has 0 saturated heterocycles. The fraction of sp³-hybridized carbons (Fsp3) is 0.355. The van der Waals surface area contributed by atoms with Crippen molar-refractivity contribution in [2.24, 2.45) is 5.92 Å². The summed E-state index contributed by atoms with van der Waals surface area (Å²) in [6.45, 7) is 2.01. The summed E-state index contributed by atoms with van der Waals surface area (Å²) in [7, 11) is -1.17. The van der Waals surface area contributed by atoms with Crippen molar-refractivity contribution in [1.29, 1.82) is 0 Å². The highest BCUT2D eigenvalue weighted by Gasteiger charge is 2.38. The lowest BCUT2D eigenvalue weighted by Crippen LogP contribution is -2.50. The van der Waals surface area contributed by atoms with Crippen LogP contribution in [0.1, 0.15) is 38.2 Å². The van der Waals surface area contributed by atoms with Crippen LogP contribution in [0.3, 0.4) is 0 Å². The highest BCUT2D eigenvalue weighted by atomic mass is 32.2. The standard InChI is InChI=1S/C31H36N2O6S/c1-22(34)33(21-23-8-5-4-6-9-23)27-11-7-10-26(20-27)30(31(35)39-3)32-40(36,37)29-18-14-25(15-19-29)24-12-16-28(38-2)17-13-24/h4-6,8-9,12-19,26-27,30,32H,7,10-11,20-21H2,1-3H3. The van der Waals surface area contributed by atoms with Gasteiger partial charge in [0.05, 0.1) is 19.1 Å². The minimum absolute atomic E-state index is 0.0540. The van der Waals surface area contributed by atoms with Crippen molar-refractivity contribution >= 4 is 21.9 Å². The van der Waals surface area contributed by atoms with Gasteiger partial charge in [0.15, 0.2) is 0 Å². The number of esters is 1. The summed E-state index contributed by atoms with van der Waals surface area (Å²) in [6, 6.07) is 22.6. The fourth-order valence-electron chi connectivity index (χ4n) is 5.37. The maximum absolute atomic E-state index is 13.4. The predicted octanol–water partition coefficient (Wildman–Crippen LogP) is 4.79. The van der Waals surface area contributed by atoms with Crippen LogP contribution in [0.25, 0.3) is 11.1 Å². The quantitative estimate of drug-likeness (QED) is 0.356. The zero-order chi connectivity index (χ0) is 28.7. The number of hydrogen-bond acceptors (Lipinski definition) is 6. The number of rotatable bonds is 10. The lowest BCUT2D eigenvalue weighted by molar-refractivity contribution is -0.144. The molecule has 0 bridgehead atoms. The summed E-state index contributed by atoms with van der Waals surface area (Å²) >= 11 is 0. The first kappa shape index (κ1) is 29.3. The first-order valence-electron chi connectivity index (χ1n) is 13.4. The third-order valence-electron chi connectivity index (χ3n) is 7.52.